The standard InChI is InChI=1S/C26H29N5O4/c1-3-30-20-8-5-4-7-18(20)26(25(30)33)19(16-27)23(28)35-21-15-17(2)31(24(32)22(21)26)10-6-9-29-11-13-34-14-12-29/h4-5,7-8,15H,3,6,9-14,28H2,1-2H3. The number of fused-ring (bicyclic) bond motifs is 4. The number of anilines is 1. The molecule has 2 aromatic rings. The van der Waals surface area contributed by atoms with Gasteiger partial charge in [-0.2, -0.15) is 5.26 Å². The van der Waals surface area contributed by atoms with Crippen LogP contribution in [0.25, 0.3) is 0 Å². The molecule has 9 heteroatoms. The van der Waals surface area contributed by atoms with Crippen LogP contribution in [0.15, 0.2) is 46.6 Å². The van der Waals surface area contributed by atoms with Crippen molar-refractivity contribution in [2.24, 2.45) is 5.73 Å². The van der Waals surface area contributed by atoms with Gasteiger partial charge in [0.1, 0.15) is 17.4 Å². The number of nitriles is 1. The second-order valence-corrected chi connectivity index (χ2v) is 9.06. The van der Waals surface area contributed by atoms with Crippen molar-refractivity contribution in [3.63, 3.8) is 0 Å². The van der Waals surface area contributed by atoms with Crippen LogP contribution in [0, 0.1) is 18.3 Å². The van der Waals surface area contributed by atoms with Gasteiger partial charge >= 0.3 is 0 Å². The van der Waals surface area contributed by atoms with Gasteiger partial charge in [0.15, 0.2) is 5.41 Å². The van der Waals surface area contributed by atoms with Crippen molar-refractivity contribution in [2.45, 2.75) is 32.2 Å². The number of aromatic nitrogens is 1. The number of amides is 1. The smallest absolute Gasteiger partial charge is 0.259 e. The third kappa shape index (κ3) is 3.36. The van der Waals surface area contributed by atoms with E-state index >= 15 is 0 Å². The predicted molar refractivity (Wildman–Crippen MR) is 130 cm³/mol. The van der Waals surface area contributed by atoms with Gasteiger partial charge in [-0.05, 0) is 26.3 Å². The Bertz CT molecular complexity index is 1320. The quantitative estimate of drug-likeness (QED) is 0.699. The third-order valence-electron chi connectivity index (χ3n) is 7.24. The molecule has 1 fully saturated rings. The van der Waals surface area contributed by atoms with Crippen LogP contribution >= 0.6 is 0 Å². The monoisotopic (exact) mass is 475 g/mol. The van der Waals surface area contributed by atoms with E-state index in [1.165, 1.54) is 0 Å². The first-order valence-corrected chi connectivity index (χ1v) is 12.0. The molecule has 0 radical (unpaired) electrons. The molecule has 1 amide bonds. The third-order valence-corrected chi connectivity index (χ3v) is 7.24. The normalized spacial score (nSPS) is 21.6. The number of morpholine rings is 1. The molecule has 9 nitrogen and oxygen atoms in total. The number of nitrogens with two attached hydrogens (primary N) is 1. The minimum atomic E-state index is -1.63. The molecule has 0 bridgehead atoms. The summed E-state index contributed by atoms with van der Waals surface area (Å²) >= 11 is 0. The van der Waals surface area contributed by atoms with E-state index in [-0.39, 0.29) is 34.2 Å². The maximum Gasteiger partial charge on any atom is 0.259 e. The van der Waals surface area contributed by atoms with Crippen LogP contribution in [0.3, 0.4) is 0 Å². The fourth-order valence-electron chi connectivity index (χ4n) is 5.59. The number of carbonyl (C=O) groups excluding carboxylic acids is 1. The van der Waals surface area contributed by atoms with E-state index in [2.05, 4.69) is 11.0 Å². The van der Waals surface area contributed by atoms with Gasteiger partial charge in [0.05, 0.1) is 18.8 Å². The van der Waals surface area contributed by atoms with Crippen molar-refractivity contribution in [2.75, 3.05) is 44.3 Å². The number of pyridine rings is 1. The highest BCUT2D eigenvalue weighted by Crippen LogP contribution is 2.54. The molecule has 4 heterocycles. The molecular formula is C26H29N5O4. The average molecular weight is 476 g/mol. The summed E-state index contributed by atoms with van der Waals surface area (Å²) in [6.45, 7) is 8.63. The van der Waals surface area contributed by atoms with Crippen molar-refractivity contribution in [3.8, 4) is 11.8 Å². The van der Waals surface area contributed by atoms with Crippen LogP contribution < -0.4 is 20.9 Å². The van der Waals surface area contributed by atoms with Crippen molar-refractivity contribution in [3.05, 3.63) is 69.0 Å². The molecule has 1 unspecified atom stereocenters. The van der Waals surface area contributed by atoms with Gasteiger partial charge < -0.3 is 24.7 Å². The minimum Gasteiger partial charge on any atom is -0.440 e. The number of para-hydroxylation sites is 1. The lowest BCUT2D eigenvalue weighted by molar-refractivity contribution is -0.120. The molecular weight excluding hydrogens is 446 g/mol. The highest BCUT2D eigenvalue weighted by atomic mass is 16.5. The summed E-state index contributed by atoms with van der Waals surface area (Å²) in [6, 6.07) is 11.1. The number of hydrogen-bond acceptors (Lipinski definition) is 7. The van der Waals surface area contributed by atoms with Crippen molar-refractivity contribution >= 4 is 11.6 Å². The van der Waals surface area contributed by atoms with E-state index in [4.69, 9.17) is 15.2 Å². The van der Waals surface area contributed by atoms with Gasteiger partial charge in [-0.15, -0.1) is 0 Å². The summed E-state index contributed by atoms with van der Waals surface area (Å²) < 4.78 is 12.9. The van der Waals surface area contributed by atoms with Gasteiger partial charge in [-0.3, -0.25) is 14.5 Å². The van der Waals surface area contributed by atoms with E-state index in [1.807, 2.05) is 32.0 Å². The molecule has 1 atom stereocenters. The highest BCUT2D eigenvalue weighted by molar-refractivity contribution is 6.14. The summed E-state index contributed by atoms with van der Waals surface area (Å²) in [7, 11) is 0. The topological polar surface area (TPSA) is 114 Å². The highest BCUT2D eigenvalue weighted by Gasteiger charge is 2.60. The molecule has 1 aromatic heterocycles. The molecule has 3 aliphatic heterocycles. The Morgan fingerprint density at radius 3 is 2.63 bits per heavy atom. The van der Waals surface area contributed by atoms with Gasteiger partial charge in [-0.1, -0.05) is 18.2 Å². The van der Waals surface area contributed by atoms with Crippen LogP contribution in [-0.2, 0) is 21.5 Å². The first-order chi connectivity index (χ1) is 16.9. The van der Waals surface area contributed by atoms with Crippen LogP contribution in [-0.4, -0.2) is 54.8 Å². The summed E-state index contributed by atoms with van der Waals surface area (Å²) in [4.78, 5) is 32.1. The molecule has 1 aromatic carbocycles. The zero-order valence-corrected chi connectivity index (χ0v) is 20.0. The van der Waals surface area contributed by atoms with E-state index in [1.54, 1.807) is 21.6 Å². The Balaban J connectivity index is 1.66. The fourth-order valence-corrected chi connectivity index (χ4v) is 5.59. The van der Waals surface area contributed by atoms with Gasteiger partial charge in [0, 0.05) is 55.7 Å². The Labute approximate surface area is 203 Å². The predicted octanol–water partition coefficient (Wildman–Crippen LogP) is 1.62. The molecule has 182 valence electrons. The fraction of sp³-hybridized carbons (Fsp3) is 0.423. The molecule has 3 aliphatic rings. The van der Waals surface area contributed by atoms with Crippen molar-refractivity contribution in [1.82, 2.24) is 9.47 Å². The lowest BCUT2D eigenvalue weighted by Crippen LogP contribution is -2.50. The van der Waals surface area contributed by atoms with Gasteiger partial charge in [-0.25, -0.2) is 0 Å². The lowest BCUT2D eigenvalue weighted by atomic mass is 9.69. The van der Waals surface area contributed by atoms with Crippen LogP contribution in [0.4, 0.5) is 5.69 Å². The average Bonchev–Trinajstić information content (AvgIpc) is 3.09. The minimum absolute atomic E-state index is 0.0424. The number of likely N-dealkylation sites (N-methyl/N-ethyl adjacent to an activating group) is 1. The zero-order chi connectivity index (χ0) is 24.7. The summed E-state index contributed by atoms with van der Waals surface area (Å²) in [5.41, 5.74) is 6.33. The maximum absolute atomic E-state index is 14.1. The van der Waals surface area contributed by atoms with Gasteiger partial charge in [0.25, 0.3) is 5.56 Å². The Kier molecular flexibility index (Phi) is 5.87. The Morgan fingerprint density at radius 1 is 1.17 bits per heavy atom. The van der Waals surface area contributed by atoms with Crippen molar-refractivity contribution in [1.29, 1.82) is 5.26 Å². The van der Waals surface area contributed by atoms with Crippen LogP contribution in [0.5, 0.6) is 5.75 Å². The Hall–Kier alpha value is -3.61. The first-order valence-electron chi connectivity index (χ1n) is 12.0. The number of carbonyl (C=O) groups is 1. The number of ether oxygens (including phenoxy) is 2. The van der Waals surface area contributed by atoms with Gasteiger partial charge in [0.2, 0.25) is 11.8 Å². The zero-order valence-electron chi connectivity index (χ0n) is 20.0. The molecule has 2 N–H and O–H groups in total. The molecule has 1 spiro atoms. The maximum atomic E-state index is 14.1. The van der Waals surface area contributed by atoms with E-state index in [0.29, 0.717) is 30.0 Å². The van der Waals surface area contributed by atoms with E-state index in [0.717, 1.165) is 39.3 Å². The summed E-state index contributed by atoms with van der Waals surface area (Å²) in [6.07, 6.45) is 0.766. The number of benzene rings is 1. The molecule has 5 rings (SSSR count). The van der Waals surface area contributed by atoms with Crippen LogP contribution in [0.2, 0.25) is 0 Å². The summed E-state index contributed by atoms with van der Waals surface area (Å²) in [5.74, 6) is -0.273. The number of aryl methyl sites for hydroxylation is 1. The SMILES string of the molecule is CCN1C(=O)C2(C(C#N)=C(N)Oc3cc(C)n(CCCN4CCOCC4)c(=O)c32)c2ccccc21. The summed E-state index contributed by atoms with van der Waals surface area (Å²) in [5, 5.41) is 10.2. The lowest BCUT2D eigenvalue weighted by Gasteiger charge is -2.34. The Morgan fingerprint density at radius 2 is 1.91 bits per heavy atom. The van der Waals surface area contributed by atoms with E-state index in [9.17, 15) is 14.9 Å². The number of rotatable bonds is 5. The second kappa shape index (κ2) is 8.87. The number of hydrogen-bond donors (Lipinski definition) is 1. The largest absolute Gasteiger partial charge is 0.440 e. The second-order valence-electron chi connectivity index (χ2n) is 9.06. The first kappa shape index (κ1) is 23.1. The van der Waals surface area contributed by atoms with E-state index < -0.39 is 5.41 Å². The van der Waals surface area contributed by atoms with Crippen molar-refractivity contribution < 1.29 is 14.3 Å². The molecule has 0 saturated carbocycles. The molecule has 1 saturated heterocycles. The molecule has 35 heavy (non-hydrogen) atoms. The number of nitrogens with zero attached hydrogens (tertiary/aromatic N) is 4. The van der Waals surface area contributed by atoms with Crippen LogP contribution in [0.1, 0.15) is 30.2 Å². The molecule has 0 aliphatic carbocycles.